The van der Waals surface area contributed by atoms with Crippen LogP contribution in [0.15, 0.2) is 34.9 Å². The molecule has 1 aromatic carbocycles. The Bertz CT molecular complexity index is 863. The lowest BCUT2D eigenvalue weighted by Crippen LogP contribution is -2.56. The molecule has 1 amide bonds. The van der Waals surface area contributed by atoms with E-state index in [2.05, 4.69) is 20.9 Å². The molecule has 0 N–H and O–H groups in total. The van der Waals surface area contributed by atoms with Gasteiger partial charge in [-0.25, -0.2) is 4.79 Å². The minimum absolute atomic E-state index is 0.262. The first kappa shape index (κ1) is 20.9. The zero-order chi connectivity index (χ0) is 20.5. The van der Waals surface area contributed by atoms with Gasteiger partial charge in [0.2, 0.25) is 0 Å². The standard InChI is InChI=1S/C21H27BrN2O4/c1-20(2,3)28-19(25)24-11-15(27-21(4,5)13-24)12-26-18-10-14(22)9-17-16(18)7-6-8-23-17/h6-10,15H,11-13H2,1-5H3/t15-/m0/s1. The third-order valence-electron chi connectivity index (χ3n) is 4.21. The van der Waals surface area contributed by atoms with E-state index in [0.29, 0.717) is 19.7 Å². The van der Waals surface area contributed by atoms with Crippen LogP contribution in [0.1, 0.15) is 34.6 Å². The van der Waals surface area contributed by atoms with Crippen molar-refractivity contribution in [2.75, 3.05) is 19.7 Å². The number of nitrogens with zero attached hydrogens (tertiary/aromatic N) is 2. The molecule has 0 radical (unpaired) electrons. The van der Waals surface area contributed by atoms with Crippen molar-refractivity contribution < 1.29 is 19.0 Å². The lowest BCUT2D eigenvalue weighted by Gasteiger charge is -2.42. The third kappa shape index (κ3) is 5.35. The summed E-state index contributed by atoms with van der Waals surface area (Å²) in [4.78, 5) is 18.6. The molecule has 1 aliphatic rings. The van der Waals surface area contributed by atoms with E-state index in [1.54, 1.807) is 11.1 Å². The molecular weight excluding hydrogens is 424 g/mol. The molecule has 0 bridgehead atoms. The fraction of sp³-hybridized carbons (Fsp3) is 0.524. The fourth-order valence-corrected chi connectivity index (χ4v) is 3.69. The van der Waals surface area contributed by atoms with Gasteiger partial charge in [-0.3, -0.25) is 4.98 Å². The minimum atomic E-state index is -0.534. The highest BCUT2D eigenvalue weighted by atomic mass is 79.9. The van der Waals surface area contributed by atoms with E-state index in [-0.39, 0.29) is 12.2 Å². The molecule has 0 spiro atoms. The van der Waals surface area contributed by atoms with Crippen LogP contribution in [0.4, 0.5) is 4.79 Å². The van der Waals surface area contributed by atoms with Crippen LogP contribution in [-0.4, -0.2) is 53.0 Å². The van der Waals surface area contributed by atoms with E-state index in [4.69, 9.17) is 14.2 Å². The summed E-state index contributed by atoms with van der Waals surface area (Å²) < 4.78 is 18.7. The number of amides is 1. The van der Waals surface area contributed by atoms with Crippen molar-refractivity contribution in [2.45, 2.75) is 51.9 Å². The van der Waals surface area contributed by atoms with Crippen molar-refractivity contribution in [1.82, 2.24) is 9.88 Å². The molecule has 2 aromatic rings. The highest BCUT2D eigenvalue weighted by Gasteiger charge is 2.37. The van der Waals surface area contributed by atoms with E-state index in [1.807, 2.05) is 58.9 Å². The highest BCUT2D eigenvalue weighted by molar-refractivity contribution is 9.10. The van der Waals surface area contributed by atoms with E-state index in [9.17, 15) is 4.79 Å². The van der Waals surface area contributed by atoms with Gasteiger partial charge in [0.1, 0.15) is 24.1 Å². The maximum absolute atomic E-state index is 12.5. The van der Waals surface area contributed by atoms with Crippen LogP contribution in [-0.2, 0) is 9.47 Å². The SMILES string of the molecule is CC(C)(C)OC(=O)N1C[C@@H](COc2cc(Br)cc3ncccc23)OC(C)(C)C1. The average Bonchev–Trinajstić information content (AvgIpc) is 2.56. The maximum Gasteiger partial charge on any atom is 0.410 e. The number of hydrogen-bond donors (Lipinski definition) is 0. The van der Waals surface area contributed by atoms with Crippen molar-refractivity contribution in [3.8, 4) is 5.75 Å². The lowest BCUT2D eigenvalue weighted by molar-refractivity contribution is -0.143. The molecule has 2 heterocycles. The summed E-state index contributed by atoms with van der Waals surface area (Å²) in [6.07, 6.45) is 1.16. The summed E-state index contributed by atoms with van der Waals surface area (Å²) >= 11 is 3.50. The number of fused-ring (bicyclic) bond motifs is 1. The molecule has 0 saturated carbocycles. The van der Waals surface area contributed by atoms with Gasteiger partial charge < -0.3 is 19.1 Å². The molecule has 0 aliphatic carbocycles. The van der Waals surface area contributed by atoms with Crippen LogP contribution in [0.25, 0.3) is 10.9 Å². The van der Waals surface area contributed by atoms with Gasteiger partial charge in [-0.2, -0.15) is 0 Å². The molecule has 28 heavy (non-hydrogen) atoms. The number of carbonyl (C=O) groups excluding carboxylic acids is 1. The monoisotopic (exact) mass is 450 g/mol. The fourth-order valence-electron chi connectivity index (χ4n) is 3.27. The Morgan fingerprint density at radius 1 is 1.39 bits per heavy atom. The summed E-state index contributed by atoms with van der Waals surface area (Å²) in [5, 5.41) is 0.935. The predicted octanol–water partition coefficient (Wildman–Crippen LogP) is 4.79. The van der Waals surface area contributed by atoms with Crippen LogP contribution < -0.4 is 4.74 Å². The Hall–Kier alpha value is -1.86. The number of pyridine rings is 1. The molecule has 0 unspecified atom stereocenters. The largest absolute Gasteiger partial charge is 0.490 e. The van der Waals surface area contributed by atoms with Gasteiger partial charge in [-0.1, -0.05) is 15.9 Å². The summed E-state index contributed by atoms with van der Waals surface area (Å²) in [5.74, 6) is 0.730. The Morgan fingerprint density at radius 3 is 2.86 bits per heavy atom. The normalized spacial score (nSPS) is 19.5. The van der Waals surface area contributed by atoms with Crippen molar-refractivity contribution >= 4 is 32.9 Å². The first-order valence-corrected chi connectivity index (χ1v) is 10.1. The van der Waals surface area contributed by atoms with Crippen LogP contribution in [0.2, 0.25) is 0 Å². The van der Waals surface area contributed by atoms with Crippen molar-refractivity contribution in [2.24, 2.45) is 0 Å². The second kappa shape index (κ2) is 7.87. The summed E-state index contributed by atoms with van der Waals surface area (Å²) in [6.45, 7) is 10.7. The second-order valence-electron chi connectivity index (χ2n) is 8.65. The molecule has 1 fully saturated rings. The van der Waals surface area contributed by atoms with Gasteiger partial charge in [0.05, 0.1) is 24.2 Å². The van der Waals surface area contributed by atoms with Crippen molar-refractivity contribution in [3.63, 3.8) is 0 Å². The Morgan fingerprint density at radius 2 is 2.14 bits per heavy atom. The van der Waals surface area contributed by atoms with Gasteiger partial charge in [0.25, 0.3) is 0 Å². The Kier molecular flexibility index (Phi) is 5.87. The summed E-state index contributed by atoms with van der Waals surface area (Å²) in [6, 6.07) is 7.73. The van der Waals surface area contributed by atoms with Crippen molar-refractivity contribution in [3.05, 3.63) is 34.9 Å². The quantitative estimate of drug-likeness (QED) is 0.672. The number of morpholine rings is 1. The zero-order valence-electron chi connectivity index (χ0n) is 17.0. The minimum Gasteiger partial charge on any atom is -0.490 e. The molecular formula is C21H27BrN2O4. The number of hydrogen-bond acceptors (Lipinski definition) is 5. The van der Waals surface area contributed by atoms with E-state index >= 15 is 0 Å². The topological polar surface area (TPSA) is 60.9 Å². The van der Waals surface area contributed by atoms with Crippen LogP contribution in [0, 0.1) is 0 Å². The van der Waals surface area contributed by atoms with E-state index < -0.39 is 11.2 Å². The molecule has 1 aromatic heterocycles. The molecule has 6 nitrogen and oxygen atoms in total. The maximum atomic E-state index is 12.5. The molecule has 1 saturated heterocycles. The third-order valence-corrected chi connectivity index (χ3v) is 4.66. The molecule has 7 heteroatoms. The van der Waals surface area contributed by atoms with E-state index in [0.717, 1.165) is 21.1 Å². The molecule has 152 valence electrons. The van der Waals surface area contributed by atoms with E-state index in [1.165, 1.54) is 0 Å². The molecule has 3 rings (SSSR count). The number of ether oxygens (including phenoxy) is 3. The van der Waals surface area contributed by atoms with Gasteiger partial charge in [0, 0.05) is 16.1 Å². The zero-order valence-corrected chi connectivity index (χ0v) is 18.6. The van der Waals surface area contributed by atoms with Crippen LogP contribution in [0.5, 0.6) is 5.75 Å². The number of rotatable bonds is 3. The van der Waals surface area contributed by atoms with Crippen molar-refractivity contribution in [1.29, 1.82) is 0 Å². The molecule has 1 aliphatic heterocycles. The smallest absolute Gasteiger partial charge is 0.410 e. The lowest BCUT2D eigenvalue weighted by atomic mass is 10.1. The Labute approximate surface area is 174 Å². The number of aromatic nitrogens is 1. The van der Waals surface area contributed by atoms with Gasteiger partial charge in [0.15, 0.2) is 0 Å². The summed E-state index contributed by atoms with van der Waals surface area (Å²) in [7, 11) is 0. The molecule has 1 atom stereocenters. The second-order valence-corrected chi connectivity index (χ2v) is 9.56. The number of benzene rings is 1. The van der Waals surface area contributed by atoms with Crippen LogP contribution in [0.3, 0.4) is 0 Å². The number of carbonyl (C=O) groups is 1. The first-order chi connectivity index (χ1) is 13.0. The predicted molar refractivity (Wildman–Crippen MR) is 112 cm³/mol. The van der Waals surface area contributed by atoms with Gasteiger partial charge in [-0.05, 0) is 58.9 Å². The first-order valence-electron chi connectivity index (χ1n) is 9.35. The number of halogens is 1. The highest BCUT2D eigenvalue weighted by Crippen LogP contribution is 2.30. The van der Waals surface area contributed by atoms with Gasteiger partial charge >= 0.3 is 6.09 Å². The van der Waals surface area contributed by atoms with Gasteiger partial charge in [-0.15, -0.1) is 0 Å². The average molecular weight is 451 g/mol. The Balaban J connectivity index is 1.72. The summed E-state index contributed by atoms with van der Waals surface area (Å²) in [5.41, 5.74) is -0.162. The van der Waals surface area contributed by atoms with Crippen LogP contribution >= 0.6 is 15.9 Å².